The lowest BCUT2D eigenvalue weighted by atomic mass is 10.1. The van der Waals surface area contributed by atoms with Crippen LogP contribution in [0.1, 0.15) is 23.2 Å². The van der Waals surface area contributed by atoms with Crippen LogP contribution >= 0.6 is 23.2 Å². The Morgan fingerprint density at radius 3 is 2.48 bits per heavy atom. The Morgan fingerprint density at radius 1 is 1.08 bits per heavy atom. The molecule has 1 aliphatic rings. The van der Waals surface area contributed by atoms with Gasteiger partial charge in [0.1, 0.15) is 11.9 Å². The second-order valence-corrected chi connectivity index (χ2v) is 6.65. The molecule has 7 heteroatoms. The average Bonchev–Trinajstić information content (AvgIpc) is 2.59. The molecule has 0 aliphatic carbocycles. The monoisotopic (exact) mass is 385 g/mol. The molecule has 0 unspecified atom stereocenters. The molecule has 3 nitrogen and oxygen atoms in total. The summed E-state index contributed by atoms with van der Waals surface area (Å²) < 4.78 is 32.2. The fourth-order valence-electron chi connectivity index (χ4n) is 2.76. The molecule has 1 heterocycles. The normalized spacial score (nSPS) is 15.3. The van der Waals surface area contributed by atoms with E-state index in [0.717, 1.165) is 12.1 Å². The van der Waals surface area contributed by atoms with Gasteiger partial charge in [-0.25, -0.2) is 8.78 Å². The lowest BCUT2D eigenvalue weighted by molar-refractivity contribution is 0.0588. The smallest absolute Gasteiger partial charge is 0.255 e. The Hall–Kier alpha value is -1.85. The second kappa shape index (κ2) is 7.58. The van der Waals surface area contributed by atoms with Crippen molar-refractivity contribution in [2.45, 2.75) is 18.9 Å². The van der Waals surface area contributed by atoms with Crippen molar-refractivity contribution in [3.05, 3.63) is 63.6 Å². The molecule has 1 aliphatic heterocycles. The van der Waals surface area contributed by atoms with Crippen LogP contribution in [0.25, 0.3) is 0 Å². The van der Waals surface area contributed by atoms with Crippen LogP contribution in [-0.4, -0.2) is 30.0 Å². The van der Waals surface area contributed by atoms with Gasteiger partial charge in [-0.1, -0.05) is 23.2 Å². The first-order valence-corrected chi connectivity index (χ1v) is 8.55. The zero-order valence-electron chi connectivity index (χ0n) is 13.1. The van der Waals surface area contributed by atoms with E-state index in [9.17, 15) is 13.6 Å². The number of benzene rings is 2. The van der Waals surface area contributed by atoms with Crippen LogP contribution in [0.4, 0.5) is 8.78 Å². The summed E-state index contributed by atoms with van der Waals surface area (Å²) in [7, 11) is 0. The molecule has 0 atom stereocenters. The number of piperidine rings is 1. The maximum atomic E-state index is 13.7. The largest absolute Gasteiger partial charge is 0.487 e. The third kappa shape index (κ3) is 4.22. The van der Waals surface area contributed by atoms with Gasteiger partial charge in [-0.05, 0) is 30.3 Å². The predicted molar refractivity (Wildman–Crippen MR) is 92.4 cm³/mol. The summed E-state index contributed by atoms with van der Waals surface area (Å²) in [5, 5.41) is 0.791. The Morgan fingerprint density at radius 2 is 1.80 bits per heavy atom. The molecule has 1 fully saturated rings. The van der Waals surface area contributed by atoms with Gasteiger partial charge in [0.15, 0.2) is 11.6 Å². The van der Waals surface area contributed by atoms with E-state index in [0.29, 0.717) is 41.5 Å². The van der Waals surface area contributed by atoms with E-state index >= 15 is 0 Å². The van der Waals surface area contributed by atoms with Gasteiger partial charge in [0.2, 0.25) is 0 Å². The number of ether oxygens (including phenoxy) is 1. The maximum absolute atomic E-state index is 13.7. The molecule has 0 N–H and O–H groups in total. The highest BCUT2D eigenvalue weighted by atomic mass is 35.5. The number of carbonyl (C=O) groups is 1. The number of likely N-dealkylation sites (tertiary alicyclic amines) is 1. The number of hydrogen-bond acceptors (Lipinski definition) is 2. The first-order valence-electron chi connectivity index (χ1n) is 7.80. The zero-order valence-corrected chi connectivity index (χ0v) is 14.7. The number of amides is 1. The Bertz CT molecular complexity index is 793. The molecule has 25 heavy (non-hydrogen) atoms. The fraction of sp³-hybridized carbons (Fsp3) is 0.278. The molecule has 3 rings (SSSR count). The number of hydrogen-bond donors (Lipinski definition) is 0. The highest BCUT2D eigenvalue weighted by molar-refractivity contribution is 6.35. The Kier molecular flexibility index (Phi) is 5.45. The van der Waals surface area contributed by atoms with Gasteiger partial charge in [-0.15, -0.1) is 0 Å². The molecule has 0 aromatic heterocycles. The van der Waals surface area contributed by atoms with Gasteiger partial charge in [0, 0.05) is 37.0 Å². The second-order valence-electron chi connectivity index (χ2n) is 5.81. The average molecular weight is 386 g/mol. The van der Waals surface area contributed by atoms with Crippen LogP contribution in [0, 0.1) is 11.6 Å². The minimum atomic E-state index is -0.732. The summed E-state index contributed by atoms with van der Waals surface area (Å²) in [6.07, 6.45) is 0.848. The van der Waals surface area contributed by atoms with Crippen molar-refractivity contribution in [1.82, 2.24) is 4.90 Å². The van der Waals surface area contributed by atoms with E-state index in [1.807, 2.05) is 0 Å². The molecule has 1 saturated heterocycles. The van der Waals surface area contributed by atoms with Gasteiger partial charge in [-0.3, -0.25) is 4.79 Å². The molecule has 132 valence electrons. The minimum absolute atomic E-state index is 0.0177. The topological polar surface area (TPSA) is 29.5 Å². The third-order valence-corrected chi connectivity index (χ3v) is 4.64. The van der Waals surface area contributed by atoms with Crippen LogP contribution in [0.3, 0.4) is 0 Å². The van der Waals surface area contributed by atoms with E-state index < -0.39 is 11.6 Å². The van der Waals surface area contributed by atoms with Crippen LogP contribution in [-0.2, 0) is 0 Å². The molecular weight excluding hydrogens is 371 g/mol. The maximum Gasteiger partial charge on any atom is 0.255 e. The molecule has 2 aromatic carbocycles. The van der Waals surface area contributed by atoms with Crippen molar-refractivity contribution in [1.29, 1.82) is 0 Å². The number of rotatable bonds is 3. The summed E-state index contributed by atoms with van der Waals surface area (Å²) in [6.45, 7) is 0.907. The van der Waals surface area contributed by atoms with E-state index in [1.165, 1.54) is 6.07 Å². The fourth-order valence-corrected chi connectivity index (χ4v) is 3.13. The highest BCUT2D eigenvalue weighted by Gasteiger charge is 2.26. The number of halogens is 4. The summed E-state index contributed by atoms with van der Waals surface area (Å²) in [6, 6.07) is 7.96. The van der Waals surface area contributed by atoms with E-state index in [2.05, 4.69) is 0 Å². The van der Waals surface area contributed by atoms with Crippen LogP contribution < -0.4 is 4.74 Å². The molecule has 0 radical (unpaired) electrons. The van der Waals surface area contributed by atoms with Crippen molar-refractivity contribution in [3.8, 4) is 5.75 Å². The predicted octanol–water partition coefficient (Wildman–Crippen LogP) is 4.96. The molecule has 0 spiro atoms. The molecule has 0 saturated carbocycles. The van der Waals surface area contributed by atoms with E-state index in [-0.39, 0.29) is 17.8 Å². The van der Waals surface area contributed by atoms with Crippen LogP contribution in [0.2, 0.25) is 10.0 Å². The van der Waals surface area contributed by atoms with Gasteiger partial charge in [0.05, 0.1) is 10.6 Å². The highest BCUT2D eigenvalue weighted by Crippen LogP contribution is 2.26. The molecule has 1 amide bonds. The Labute approximate surface area is 154 Å². The summed E-state index contributed by atoms with van der Waals surface area (Å²) in [5.41, 5.74) is 0.359. The summed E-state index contributed by atoms with van der Waals surface area (Å²) in [4.78, 5) is 14.2. The Balaban J connectivity index is 1.61. The van der Waals surface area contributed by atoms with Crippen molar-refractivity contribution in [3.63, 3.8) is 0 Å². The van der Waals surface area contributed by atoms with Crippen molar-refractivity contribution >= 4 is 29.1 Å². The quantitative estimate of drug-likeness (QED) is 0.747. The van der Waals surface area contributed by atoms with Gasteiger partial charge in [-0.2, -0.15) is 0 Å². The first kappa shape index (κ1) is 18.0. The molecule has 2 aromatic rings. The minimum Gasteiger partial charge on any atom is -0.487 e. The summed E-state index contributed by atoms with van der Waals surface area (Å²) in [5.74, 6) is -1.56. The van der Waals surface area contributed by atoms with E-state index in [1.54, 1.807) is 23.1 Å². The van der Waals surface area contributed by atoms with Gasteiger partial charge in [0.25, 0.3) is 5.91 Å². The van der Waals surface area contributed by atoms with Crippen molar-refractivity contribution < 1.29 is 18.3 Å². The lowest BCUT2D eigenvalue weighted by Gasteiger charge is -2.32. The van der Waals surface area contributed by atoms with Crippen LogP contribution in [0.15, 0.2) is 36.4 Å². The number of nitrogens with zero attached hydrogens (tertiary/aromatic N) is 1. The van der Waals surface area contributed by atoms with Crippen LogP contribution in [0.5, 0.6) is 5.75 Å². The number of carbonyl (C=O) groups excluding carboxylic acids is 1. The van der Waals surface area contributed by atoms with Crippen molar-refractivity contribution in [2.24, 2.45) is 0 Å². The third-order valence-electron chi connectivity index (χ3n) is 4.08. The van der Waals surface area contributed by atoms with E-state index in [4.69, 9.17) is 27.9 Å². The zero-order chi connectivity index (χ0) is 18.0. The summed E-state index contributed by atoms with van der Waals surface area (Å²) >= 11 is 12.0. The SMILES string of the molecule is O=C(c1cc(Cl)ccc1Cl)N1CCC(Oc2ccc(F)cc2F)CC1. The first-order chi connectivity index (χ1) is 11.9. The van der Waals surface area contributed by atoms with Gasteiger partial charge >= 0.3 is 0 Å². The molecular formula is C18H15Cl2F2NO2. The standard InChI is InChI=1S/C18H15Cl2F2NO2/c19-11-1-3-15(20)14(9-11)18(24)23-7-5-13(6-8-23)25-17-4-2-12(21)10-16(17)22/h1-4,9-10,13H,5-8H2. The lowest BCUT2D eigenvalue weighted by Crippen LogP contribution is -2.42. The van der Waals surface area contributed by atoms with Gasteiger partial charge < -0.3 is 9.64 Å². The molecule has 0 bridgehead atoms. The van der Waals surface area contributed by atoms with Crippen molar-refractivity contribution in [2.75, 3.05) is 13.1 Å².